The molecule has 1 aromatic carbocycles. The molecule has 2 saturated carbocycles. The summed E-state index contributed by atoms with van der Waals surface area (Å²) in [6, 6.07) is 3.71. The van der Waals surface area contributed by atoms with Crippen LogP contribution in [-0.4, -0.2) is 11.7 Å². The van der Waals surface area contributed by atoms with Gasteiger partial charge in [0.05, 0.1) is 6.61 Å². The molecule has 0 bridgehead atoms. The molecule has 2 heteroatoms. The Morgan fingerprint density at radius 1 is 1.27 bits per heavy atom. The molecule has 15 heavy (non-hydrogen) atoms. The summed E-state index contributed by atoms with van der Waals surface area (Å²) in [5, 5.41) is 9.51. The zero-order valence-corrected chi connectivity index (χ0v) is 9.16. The number of benzene rings is 1. The lowest BCUT2D eigenvalue weighted by atomic mass is 10.1. The van der Waals surface area contributed by atoms with Crippen LogP contribution in [0.1, 0.15) is 17.5 Å². The largest absolute Gasteiger partial charge is 0.508 e. The van der Waals surface area contributed by atoms with Gasteiger partial charge in [-0.1, -0.05) is 0 Å². The lowest BCUT2D eigenvalue weighted by Crippen LogP contribution is -2.06. The van der Waals surface area contributed by atoms with Crippen molar-refractivity contribution in [2.24, 2.45) is 17.8 Å². The zero-order valence-electron chi connectivity index (χ0n) is 9.16. The minimum absolute atomic E-state index is 0.356. The van der Waals surface area contributed by atoms with Crippen molar-refractivity contribution >= 4 is 0 Å². The van der Waals surface area contributed by atoms with Crippen LogP contribution in [0.5, 0.6) is 11.5 Å². The molecule has 2 unspecified atom stereocenters. The lowest BCUT2D eigenvalue weighted by Gasteiger charge is -2.12. The highest BCUT2D eigenvalue weighted by molar-refractivity contribution is 5.44. The third kappa shape index (κ3) is 1.48. The van der Waals surface area contributed by atoms with Crippen LogP contribution in [0.3, 0.4) is 0 Å². The van der Waals surface area contributed by atoms with E-state index in [1.807, 2.05) is 19.9 Å². The predicted octanol–water partition coefficient (Wildman–Crippen LogP) is 2.65. The number of phenolic OH excluding ortho intramolecular Hbond substituents is 1. The third-order valence-corrected chi connectivity index (χ3v) is 3.77. The van der Waals surface area contributed by atoms with Crippen LogP contribution in [0.25, 0.3) is 0 Å². The first-order valence-corrected chi connectivity index (χ1v) is 5.60. The van der Waals surface area contributed by atoms with Crippen LogP contribution in [0.2, 0.25) is 0 Å². The Morgan fingerprint density at radius 2 is 2.00 bits per heavy atom. The van der Waals surface area contributed by atoms with Crippen LogP contribution in [0.15, 0.2) is 12.1 Å². The number of fused-ring (bicyclic) bond motifs is 1. The number of aryl methyl sites for hydroxylation is 2. The van der Waals surface area contributed by atoms with Crippen molar-refractivity contribution in [1.29, 1.82) is 0 Å². The fourth-order valence-corrected chi connectivity index (χ4v) is 2.28. The summed E-state index contributed by atoms with van der Waals surface area (Å²) in [7, 11) is 0. The molecular formula is C13H16O2. The van der Waals surface area contributed by atoms with E-state index in [0.717, 1.165) is 41.2 Å². The van der Waals surface area contributed by atoms with Crippen LogP contribution in [-0.2, 0) is 0 Å². The zero-order chi connectivity index (χ0) is 10.6. The normalized spacial score (nSPS) is 30.9. The topological polar surface area (TPSA) is 29.5 Å². The van der Waals surface area contributed by atoms with Gasteiger partial charge in [0, 0.05) is 0 Å². The van der Waals surface area contributed by atoms with Crippen molar-refractivity contribution < 1.29 is 9.84 Å². The van der Waals surface area contributed by atoms with Gasteiger partial charge in [-0.15, -0.1) is 0 Å². The highest BCUT2D eigenvalue weighted by atomic mass is 16.5. The maximum absolute atomic E-state index is 9.51. The molecule has 2 atom stereocenters. The van der Waals surface area contributed by atoms with Crippen molar-refractivity contribution in [1.82, 2.24) is 0 Å². The first-order chi connectivity index (χ1) is 7.16. The van der Waals surface area contributed by atoms with Gasteiger partial charge in [-0.25, -0.2) is 0 Å². The Labute approximate surface area is 89.9 Å². The molecule has 80 valence electrons. The number of ether oxygens (including phenoxy) is 1. The van der Waals surface area contributed by atoms with Crippen LogP contribution in [0.4, 0.5) is 0 Å². The fraction of sp³-hybridized carbons (Fsp3) is 0.538. The molecule has 0 aromatic heterocycles. The maximum atomic E-state index is 9.51. The van der Waals surface area contributed by atoms with Gasteiger partial charge in [-0.2, -0.15) is 0 Å². The van der Waals surface area contributed by atoms with Gasteiger partial charge >= 0.3 is 0 Å². The van der Waals surface area contributed by atoms with E-state index in [1.165, 1.54) is 6.42 Å². The van der Waals surface area contributed by atoms with Crippen molar-refractivity contribution in [3.63, 3.8) is 0 Å². The van der Waals surface area contributed by atoms with Gasteiger partial charge in [-0.3, -0.25) is 0 Å². The number of aromatic hydroxyl groups is 1. The van der Waals surface area contributed by atoms with Gasteiger partial charge < -0.3 is 9.84 Å². The molecule has 0 saturated heterocycles. The van der Waals surface area contributed by atoms with Gasteiger partial charge in [0.2, 0.25) is 0 Å². The first-order valence-electron chi connectivity index (χ1n) is 5.60. The Balaban J connectivity index is 1.69. The number of rotatable bonds is 3. The smallest absolute Gasteiger partial charge is 0.122 e. The summed E-state index contributed by atoms with van der Waals surface area (Å²) in [5.41, 5.74) is 1.91. The van der Waals surface area contributed by atoms with Crippen molar-refractivity contribution in [3.05, 3.63) is 23.3 Å². The SMILES string of the molecule is Cc1cc(OCC2C3CC23)c(C)cc1O. The van der Waals surface area contributed by atoms with E-state index in [1.54, 1.807) is 6.07 Å². The molecule has 2 nitrogen and oxygen atoms in total. The highest BCUT2D eigenvalue weighted by Crippen LogP contribution is 2.68. The van der Waals surface area contributed by atoms with Crippen LogP contribution >= 0.6 is 0 Å². The third-order valence-electron chi connectivity index (χ3n) is 3.77. The first kappa shape index (κ1) is 9.08. The molecule has 0 spiro atoms. The van der Waals surface area contributed by atoms with Gasteiger partial charge in [-0.05, 0) is 61.3 Å². The average Bonchev–Trinajstić information content (AvgIpc) is 3.02. The van der Waals surface area contributed by atoms with E-state index in [2.05, 4.69) is 0 Å². The molecule has 3 rings (SSSR count). The second-order valence-corrected chi connectivity index (χ2v) is 4.94. The van der Waals surface area contributed by atoms with Crippen molar-refractivity contribution in [2.75, 3.05) is 6.61 Å². The summed E-state index contributed by atoms with van der Waals surface area (Å²) < 4.78 is 5.79. The minimum Gasteiger partial charge on any atom is -0.508 e. The maximum Gasteiger partial charge on any atom is 0.122 e. The predicted molar refractivity (Wildman–Crippen MR) is 58.2 cm³/mol. The Bertz CT molecular complexity index is 403. The lowest BCUT2D eigenvalue weighted by molar-refractivity contribution is 0.270. The molecule has 1 aromatic rings. The number of phenols is 1. The molecule has 0 amide bonds. The molecule has 1 N–H and O–H groups in total. The van der Waals surface area contributed by atoms with E-state index in [4.69, 9.17) is 4.74 Å². The molecule has 0 aliphatic heterocycles. The molecule has 2 aliphatic rings. The molecule has 0 heterocycles. The molecular weight excluding hydrogens is 188 g/mol. The number of hydrogen-bond acceptors (Lipinski definition) is 2. The second kappa shape index (κ2) is 2.91. The summed E-state index contributed by atoms with van der Waals surface area (Å²) >= 11 is 0. The van der Waals surface area contributed by atoms with Crippen molar-refractivity contribution in [2.45, 2.75) is 20.3 Å². The van der Waals surface area contributed by atoms with E-state index in [0.29, 0.717) is 5.75 Å². The van der Waals surface area contributed by atoms with Crippen LogP contribution in [0, 0.1) is 31.6 Å². The van der Waals surface area contributed by atoms with Gasteiger partial charge in [0.25, 0.3) is 0 Å². The quantitative estimate of drug-likeness (QED) is 0.820. The summed E-state index contributed by atoms with van der Waals surface area (Å²) in [4.78, 5) is 0. The highest BCUT2D eigenvalue weighted by Gasteiger charge is 2.64. The van der Waals surface area contributed by atoms with Gasteiger partial charge in [0.15, 0.2) is 0 Å². The van der Waals surface area contributed by atoms with E-state index < -0.39 is 0 Å². The second-order valence-electron chi connectivity index (χ2n) is 4.94. The van der Waals surface area contributed by atoms with Crippen LogP contribution < -0.4 is 4.74 Å². The monoisotopic (exact) mass is 204 g/mol. The van der Waals surface area contributed by atoms with E-state index in [9.17, 15) is 5.11 Å². The number of hydrogen-bond donors (Lipinski definition) is 1. The van der Waals surface area contributed by atoms with E-state index in [-0.39, 0.29) is 0 Å². The fourth-order valence-electron chi connectivity index (χ4n) is 2.28. The summed E-state index contributed by atoms with van der Waals surface area (Å²) in [5.74, 6) is 4.09. The summed E-state index contributed by atoms with van der Waals surface area (Å²) in [6.07, 6.45) is 1.43. The average molecular weight is 204 g/mol. The summed E-state index contributed by atoms with van der Waals surface area (Å²) in [6.45, 7) is 4.73. The molecule has 2 aliphatic carbocycles. The Morgan fingerprint density at radius 3 is 2.60 bits per heavy atom. The molecule has 0 radical (unpaired) electrons. The Kier molecular flexibility index (Phi) is 1.76. The standard InChI is InChI=1S/C13H16O2/c1-7-4-13(8(2)3-12(7)14)15-6-11-9-5-10(9)11/h3-4,9-11,14H,5-6H2,1-2H3. The van der Waals surface area contributed by atoms with Crippen molar-refractivity contribution in [3.8, 4) is 11.5 Å². The van der Waals surface area contributed by atoms with Gasteiger partial charge in [0.1, 0.15) is 11.5 Å². The minimum atomic E-state index is 0.356. The Hall–Kier alpha value is -1.18. The molecule has 2 fully saturated rings. The van der Waals surface area contributed by atoms with E-state index >= 15 is 0 Å².